The van der Waals surface area contributed by atoms with Crippen LogP contribution in [0.25, 0.3) is 12.2 Å². The number of rotatable bonds is 3. The molecule has 0 atom stereocenters. The number of halogens is 2. The third kappa shape index (κ3) is 4.44. The van der Waals surface area contributed by atoms with Crippen LogP contribution in [-0.2, 0) is 9.59 Å². The molecule has 0 aliphatic carbocycles. The Bertz CT molecular complexity index is 874. The summed E-state index contributed by atoms with van der Waals surface area (Å²) in [5.41, 5.74) is 2.15. The number of Topliss-reactive ketones (excluding diaryl/α,β-unsaturated/α-hetero) is 1. The zero-order valence-electron chi connectivity index (χ0n) is 14.5. The van der Waals surface area contributed by atoms with Crippen LogP contribution in [-0.4, -0.2) is 29.7 Å². The molecular weight excluding hydrogens is 348 g/mol. The normalized spacial score (nSPS) is 17.4. The molecule has 1 amide bonds. The molecule has 3 nitrogen and oxygen atoms in total. The minimum atomic E-state index is -0.368. The van der Waals surface area contributed by atoms with Gasteiger partial charge in [-0.1, -0.05) is 30.8 Å². The molecule has 1 fully saturated rings. The largest absolute Gasteiger partial charge is 0.330 e. The number of ketones is 1. The van der Waals surface area contributed by atoms with Crippen LogP contribution in [0.5, 0.6) is 0 Å². The fraction of sp³-hybridized carbons (Fsp3) is 0.0909. The molecule has 5 heteroatoms. The van der Waals surface area contributed by atoms with Gasteiger partial charge in [0.2, 0.25) is 5.91 Å². The van der Waals surface area contributed by atoms with E-state index in [-0.39, 0.29) is 36.4 Å². The summed E-state index contributed by atoms with van der Waals surface area (Å²) in [4.78, 5) is 26.5. The van der Waals surface area contributed by atoms with Crippen LogP contribution in [0.4, 0.5) is 8.78 Å². The quantitative estimate of drug-likeness (QED) is 0.770. The minimum absolute atomic E-state index is 0.141. The Morgan fingerprint density at radius 2 is 1.26 bits per heavy atom. The van der Waals surface area contributed by atoms with Crippen molar-refractivity contribution in [1.29, 1.82) is 0 Å². The lowest BCUT2D eigenvalue weighted by atomic mass is 9.94. The summed E-state index contributed by atoms with van der Waals surface area (Å²) in [5, 5.41) is 0. The number of carbonyl (C=O) groups excluding carboxylic acids is 2. The molecule has 0 unspecified atom stereocenters. The third-order valence-electron chi connectivity index (χ3n) is 4.21. The Balaban J connectivity index is 1.98. The minimum Gasteiger partial charge on any atom is -0.330 e. The van der Waals surface area contributed by atoms with Crippen LogP contribution in [0.3, 0.4) is 0 Å². The lowest BCUT2D eigenvalue weighted by Gasteiger charge is -2.29. The van der Waals surface area contributed by atoms with E-state index in [0.717, 1.165) is 0 Å². The van der Waals surface area contributed by atoms with Gasteiger partial charge in [0.15, 0.2) is 5.78 Å². The van der Waals surface area contributed by atoms with Crippen LogP contribution in [0.15, 0.2) is 72.3 Å². The first-order chi connectivity index (χ1) is 13.0. The van der Waals surface area contributed by atoms with Gasteiger partial charge in [0, 0.05) is 11.1 Å². The van der Waals surface area contributed by atoms with E-state index in [1.54, 1.807) is 36.4 Å². The van der Waals surface area contributed by atoms with Crippen LogP contribution in [0.2, 0.25) is 0 Å². The van der Waals surface area contributed by atoms with Crippen molar-refractivity contribution in [2.75, 3.05) is 13.1 Å². The SMILES string of the molecule is C=CC(=O)N1C/C(=C\c2ccc(F)cc2)C(=O)/C(=C/c2ccc(F)cc2)C1. The van der Waals surface area contributed by atoms with Gasteiger partial charge < -0.3 is 4.90 Å². The molecule has 0 N–H and O–H groups in total. The summed E-state index contributed by atoms with van der Waals surface area (Å²) in [7, 11) is 0. The van der Waals surface area contributed by atoms with E-state index in [0.29, 0.717) is 22.3 Å². The van der Waals surface area contributed by atoms with E-state index in [1.807, 2.05) is 0 Å². The second-order valence-electron chi connectivity index (χ2n) is 6.17. The molecule has 1 aliphatic heterocycles. The Morgan fingerprint density at radius 3 is 1.63 bits per heavy atom. The zero-order chi connectivity index (χ0) is 19.4. The van der Waals surface area contributed by atoms with Crippen LogP contribution in [0.1, 0.15) is 11.1 Å². The molecule has 3 rings (SSSR count). The molecule has 0 saturated carbocycles. The van der Waals surface area contributed by atoms with Gasteiger partial charge in [-0.15, -0.1) is 0 Å². The maximum absolute atomic E-state index is 13.1. The Kier molecular flexibility index (Phi) is 5.41. The van der Waals surface area contributed by atoms with Gasteiger partial charge in [0.05, 0.1) is 13.1 Å². The molecule has 1 heterocycles. The van der Waals surface area contributed by atoms with Crippen molar-refractivity contribution in [1.82, 2.24) is 4.90 Å². The Labute approximate surface area is 155 Å². The van der Waals surface area contributed by atoms with E-state index >= 15 is 0 Å². The average Bonchev–Trinajstić information content (AvgIpc) is 2.67. The maximum Gasteiger partial charge on any atom is 0.246 e. The number of hydrogen-bond acceptors (Lipinski definition) is 2. The highest BCUT2D eigenvalue weighted by atomic mass is 19.1. The topological polar surface area (TPSA) is 37.4 Å². The highest BCUT2D eigenvalue weighted by Crippen LogP contribution is 2.22. The number of benzene rings is 2. The second-order valence-corrected chi connectivity index (χ2v) is 6.17. The predicted octanol–water partition coefficient (Wildman–Crippen LogP) is 4.03. The third-order valence-corrected chi connectivity index (χ3v) is 4.21. The summed E-state index contributed by atoms with van der Waals surface area (Å²) in [6.07, 6.45) is 4.48. The summed E-state index contributed by atoms with van der Waals surface area (Å²) in [6, 6.07) is 11.5. The molecule has 1 saturated heterocycles. The number of carbonyl (C=O) groups is 2. The molecule has 2 aromatic rings. The smallest absolute Gasteiger partial charge is 0.246 e. The first-order valence-corrected chi connectivity index (χ1v) is 8.34. The number of likely N-dealkylation sites (tertiary alicyclic amines) is 1. The summed E-state index contributed by atoms with van der Waals surface area (Å²) >= 11 is 0. The Morgan fingerprint density at radius 1 is 0.852 bits per heavy atom. The number of nitrogens with zero attached hydrogens (tertiary/aromatic N) is 1. The van der Waals surface area contributed by atoms with Gasteiger partial charge >= 0.3 is 0 Å². The maximum atomic E-state index is 13.1. The molecular formula is C22H17F2NO2. The van der Waals surface area contributed by atoms with E-state index in [2.05, 4.69) is 6.58 Å². The molecule has 0 bridgehead atoms. The number of hydrogen-bond donors (Lipinski definition) is 0. The van der Waals surface area contributed by atoms with E-state index < -0.39 is 0 Å². The van der Waals surface area contributed by atoms with Gasteiger partial charge in [-0.25, -0.2) is 8.78 Å². The first-order valence-electron chi connectivity index (χ1n) is 8.34. The van der Waals surface area contributed by atoms with Crippen molar-refractivity contribution in [3.8, 4) is 0 Å². The van der Waals surface area contributed by atoms with E-state index in [1.165, 1.54) is 35.2 Å². The summed E-state index contributed by atoms with van der Waals surface area (Å²) in [5.74, 6) is -1.23. The molecule has 0 aromatic heterocycles. The predicted molar refractivity (Wildman–Crippen MR) is 101 cm³/mol. The fourth-order valence-corrected chi connectivity index (χ4v) is 2.84. The van der Waals surface area contributed by atoms with Gasteiger partial charge in [0.1, 0.15) is 11.6 Å². The molecule has 0 radical (unpaired) electrons. The van der Waals surface area contributed by atoms with Gasteiger partial charge in [-0.3, -0.25) is 9.59 Å². The highest BCUT2D eigenvalue weighted by Gasteiger charge is 2.28. The van der Waals surface area contributed by atoms with Crippen LogP contribution >= 0.6 is 0 Å². The van der Waals surface area contributed by atoms with Crippen LogP contribution in [0, 0.1) is 11.6 Å². The molecule has 0 spiro atoms. The van der Waals surface area contributed by atoms with Crippen LogP contribution < -0.4 is 0 Å². The lowest BCUT2D eigenvalue weighted by molar-refractivity contribution is -0.126. The van der Waals surface area contributed by atoms with Crippen molar-refractivity contribution in [3.05, 3.63) is 95.1 Å². The monoisotopic (exact) mass is 365 g/mol. The second kappa shape index (κ2) is 7.91. The Hall–Kier alpha value is -3.34. The summed E-state index contributed by atoms with van der Waals surface area (Å²) in [6.45, 7) is 3.78. The van der Waals surface area contributed by atoms with Crippen molar-refractivity contribution in [3.63, 3.8) is 0 Å². The van der Waals surface area contributed by atoms with Crippen molar-refractivity contribution in [2.24, 2.45) is 0 Å². The van der Waals surface area contributed by atoms with E-state index in [4.69, 9.17) is 0 Å². The highest BCUT2D eigenvalue weighted by molar-refractivity contribution is 6.15. The van der Waals surface area contributed by atoms with Gasteiger partial charge in [0.25, 0.3) is 0 Å². The number of piperidine rings is 1. The molecule has 27 heavy (non-hydrogen) atoms. The lowest BCUT2D eigenvalue weighted by Crippen LogP contribution is -2.40. The molecule has 136 valence electrons. The first kappa shape index (κ1) is 18.5. The fourth-order valence-electron chi connectivity index (χ4n) is 2.84. The zero-order valence-corrected chi connectivity index (χ0v) is 14.5. The van der Waals surface area contributed by atoms with Crippen molar-refractivity contribution < 1.29 is 18.4 Å². The molecule has 1 aliphatic rings. The standard InChI is InChI=1S/C22H17F2NO2/c1-2-21(26)25-13-17(11-15-3-7-19(23)8-4-15)22(27)18(14-25)12-16-5-9-20(24)10-6-16/h2-12H,1,13-14H2/b17-11+,18-12+. The van der Waals surface area contributed by atoms with Gasteiger partial charge in [-0.2, -0.15) is 0 Å². The summed E-state index contributed by atoms with van der Waals surface area (Å²) < 4.78 is 26.2. The van der Waals surface area contributed by atoms with Crippen molar-refractivity contribution >= 4 is 23.8 Å². The van der Waals surface area contributed by atoms with Crippen molar-refractivity contribution in [2.45, 2.75) is 0 Å². The van der Waals surface area contributed by atoms with Gasteiger partial charge in [-0.05, 0) is 53.6 Å². The number of amides is 1. The molecule has 2 aromatic carbocycles. The average molecular weight is 365 g/mol. The van der Waals surface area contributed by atoms with E-state index in [9.17, 15) is 18.4 Å².